The summed E-state index contributed by atoms with van der Waals surface area (Å²) >= 11 is 0. The van der Waals surface area contributed by atoms with E-state index in [2.05, 4.69) is 11.4 Å². The van der Waals surface area contributed by atoms with Crippen LogP contribution in [0.4, 0.5) is 14.5 Å². The number of ether oxygens (including phenoxy) is 1. The fraction of sp³-hybridized carbons (Fsp3) is 0.294. The van der Waals surface area contributed by atoms with Crippen LogP contribution >= 0.6 is 0 Å². The molecule has 1 fully saturated rings. The number of benzene rings is 2. The van der Waals surface area contributed by atoms with Crippen LogP contribution < -0.4 is 10.1 Å². The predicted octanol–water partition coefficient (Wildman–Crippen LogP) is 4.33. The molecule has 2 aromatic rings. The van der Waals surface area contributed by atoms with Crippen LogP contribution in [0.15, 0.2) is 42.5 Å². The van der Waals surface area contributed by atoms with Crippen LogP contribution in [0.25, 0.3) is 0 Å². The van der Waals surface area contributed by atoms with Gasteiger partial charge in [-0.3, -0.25) is 0 Å². The monoisotopic (exact) mass is 289 g/mol. The van der Waals surface area contributed by atoms with Gasteiger partial charge in [-0.1, -0.05) is 12.1 Å². The summed E-state index contributed by atoms with van der Waals surface area (Å²) in [5.41, 5.74) is 1.47. The molecular weight excluding hydrogens is 272 g/mol. The molecule has 1 aliphatic carbocycles. The van der Waals surface area contributed by atoms with Crippen molar-refractivity contribution in [1.29, 1.82) is 0 Å². The molecule has 4 heteroatoms. The van der Waals surface area contributed by atoms with Crippen molar-refractivity contribution < 1.29 is 13.5 Å². The number of anilines is 1. The number of halogens is 2. The number of hydrogen-bond acceptors (Lipinski definition) is 2. The normalized spacial score (nSPS) is 20.7. The van der Waals surface area contributed by atoms with Crippen molar-refractivity contribution in [2.75, 3.05) is 12.4 Å². The van der Waals surface area contributed by atoms with Crippen LogP contribution in [0, 0.1) is 11.6 Å². The number of nitrogens with one attached hydrogen (secondary N) is 1. The van der Waals surface area contributed by atoms with Gasteiger partial charge in [0.25, 0.3) is 0 Å². The molecule has 0 atom stereocenters. The average Bonchev–Trinajstić information content (AvgIpc) is 2.46. The molecule has 3 rings (SSSR count). The molecule has 1 N–H and O–H groups in total. The first kappa shape index (κ1) is 13.9. The number of rotatable bonds is 4. The first-order valence-electron chi connectivity index (χ1n) is 7.01. The van der Waals surface area contributed by atoms with E-state index in [4.69, 9.17) is 4.74 Å². The van der Waals surface area contributed by atoms with Gasteiger partial charge in [-0.25, -0.2) is 8.78 Å². The molecule has 0 unspecified atom stereocenters. The first-order valence-corrected chi connectivity index (χ1v) is 7.01. The highest BCUT2D eigenvalue weighted by Crippen LogP contribution is 2.39. The molecule has 1 aliphatic rings. The number of methoxy groups -OCH3 is 1. The fourth-order valence-corrected chi connectivity index (χ4v) is 2.73. The maximum Gasteiger partial charge on any atom is 0.146 e. The molecule has 21 heavy (non-hydrogen) atoms. The lowest BCUT2D eigenvalue weighted by Crippen LogP contribution is -2.34. The van der Waals surface area contributed by atoms with E-state index in [9.17, 15) is 8.78 Å². The van der Waals surface area contributed by atoms with Gasteiger partial charge in [0.15, 0.2) is 0 Å². The highest BCUT2D eigenvalue weighted by Gasteiger charge is 2.30. The Kier molecular flexibility index (Phi) is 3.78. The molecule has 0 amide bonds. The third-order valence-electron chi connectivity index (χ3n) is 3.99. The molecule has 0 bridgehead atoms. The van der Waals surface area contributed by atoms with Crippen molar-refractivity contribution in [3.8, 4) is 5.75 Å². The maximum atomic E-state index is 13.6. The Balaban J connectivity index is 1.61. The Labute approximate surface area is 122 Å². The Bertz CT molecular complexity index is 638. The highest BCUT2D eigenvalue weighted by molar-refractivity contribution is 5.47. The van der Waals surface area contributed by atoms with Gasteiger partial charge in [0.2, 0.25) is 0 Å². The molecule has 2 aromatic carbocycles. The van der Waals surface area contributed by atoms with E-state index in [0.717, 1.165) is 30.7 Å². The maximum absolute atomic E-state index is 13.6. The lowest BCUT2D eigenvalue weighted by atomic mass is 9.75. The zero-order chi connectivity index (χ0) is 14.8. The summed E-state index contributed by atoms with van der Waals surface area (Å²) in [4.78, 5) is 0. The van der Waals surface area contributed by atoms with E-state index in [0.29, 0.717) is 5.92 Å². The predicted molar refractivity (Wildman–Crippen MR) is 78.7 cm³/mol. The second-order valence-electron chi connectivity index (χ2n) is 5.41. The topological polar surface area (TPSA) is 21.3 Å². The summed E-state index contributed by atoms with van der Waals surface area (Å²) in [5, 5.41) is 3.07. The van der Waals surface area contributed by atoms with Gasteiger partial charge in [-0.15, -0.1) is 0 Å². The Morgan fingerprint density at radius 2 is 1.90 bits per heavy atom. The van der Waals surface area contributed by atoms with Gasteiger partial charge >= 0.3 is 0 Å². The fourth-order valence-electron chi connectivity index (χ4n) is 2.73. The standard InChI is InChI=1S/C17H17F2NO/c1-21-15-4-2-3-11(9-15)12-7-14(8-12)20-17-10-13(18)5-6-16(17)19/h2-6,9-10,12,14,20H,7-8H2,1H3. The molecule has 0 saturated heterocycles. The van der Waals surface area contributed by atoms with Crippen molar-refractivity contribution in [3.05, 3.63) is 59.7 Å². The van der Waals surface area contributed by atoms with Crippen LogP contribution in [-0.2, 0) is 0 Å². The average molecular weight is 289 g/mol. The summed E-state index contributed by atoms with van der Waals surface area (Å²) in [6, 6.07) is 11.7. The van der Waals surface area contributed by atoms with Gasteiger partial charge in [-0.2, -0.15) is 0 Å². The lowest BCUT2D eigenvalue weighted by Gasteiger charge is -2.37. The van der Waals surface area contributed by atoms with E-state index in [-0.39, 0.29) is 11.7 Å². The van der Waals surface area contributed by atoms with Crippen LogP contribution in [0.3, 0.4) is 0 Å². The molecule has 1 saturated carbocycles. The Hall–Kier alpha value is -2.10. The van der Waals surface area contributed by atoms with E-state index in [1.165, 1.54) is 11.6 Å². The van der Waals surface area contributed by atoms with Crippen LogP contribution in [0.5, 0.6) is 5.75 Å². The lowest BCUT2D eigenvalue weighted by molar-refractivity contribution is 0.369. The molecule has 110 valence electrons. The quantitative estimate of drug-likeness (QED) is 0.904. The van der Waals surface area contributed by atoms with E-state index in [1.807, 2.05) is 18.2 Å². The summed E-state index contributed by atoms with van der Waals surface area (Å²) < 4.78 is 31.9. The minimum absolute atomic E-state index is 0.178. The molecule has 2 nitrogen and oxygen atoms in total. The molecule has 0 radical (unpaired) electrons. The minimum Gasteiger partial charge on any atom is -0.497 e. The third-order valence-corrected chi connectivity index (χ3v) is 3.99. The van der Waals surface area contributed by atoms with Crippen LogP contribution in [-0.4, -0.2) is 13.2 Å². The van der Waals surface area contributed by atoms with Crippen molar-refractivity contribution in [1.82, 2.24) is 0 Å². The van der Waals surface area contributed by atoms with Crippen molar-refractivity contribution in [2.45, 2.75) is 24.8 Å². The first-order chi connectivity index (χ1) is 10.2. The minimum atomic E-state index is -0.428. The van der Waals surface area contributed by atoms with E-state index >= 15 is 0 Å². The Morgan fingerprint density at radius 1 is 1.10 bits per heavy atom. The molecule has 0 aromatic heterocycles. The number of hydrogen-bond donors (Lipinski definition) is 1. The summed E-state index contributed by atoms with van der Waals surface area (Å²) in [6.45, 7) is 0. The van der Waals surface area contributed by atoms with Gasteiger partial charge < -0.3 is 10.1 Å². The molecule has 0 heterocycles. The van der Waals surface area contributed by atoms with Gasteiger partial charge in [0.1, 0.15) is 17.4 Å². The second-order valence-corrected chi connectivity index (χ2v) is 5.41. The smallest absolute Gasteiger partial charge is 0.146 e. The third kappa shape index (κ3) is 2.99. The Morgan fingerprint density at radius 3 is 2.67 bits per heavy atom. The van der Waals surface area contributed by atoms with Gasteiger partial charge in [-0.05, 0) is 54.7 Å². The SMILES string of the molecule is COc1cccc(C2CC(Nc3cc(F)ccc3F)C2)c1. The molecule has 0 aliphatic heterocycles. The van der Waals surface area contributed by atoms with E-state index in [1.54, 1.807) is 7.11 Å². The summed E-state index contributed by atoms with van der Waals surface area (Å²) in [6.07, 6.45) is 1.81. The zero-order valence-electron chi connectivity index (χ0n) is 11.8. The van der Waals surface area contributed by atoms with Crippen molar-refractivity contribution in [3.63, 3.8) is 0 Å². The molecule has 0 spiro atoms. The van der Waals surface area contributed by atoms with Gasteiger partial charge in [0.05, 0.1) is 12.8 Å². The largest absolute Gasteiger partial charge is 0.497 e. The van der Waals surface area contributed by atoms with Crippen molar-refractivity contribution >= 4 is 5.69 Å². The second kappa shape index (κ2) is 5.72. The molecular formula is C17H17F2NO. The van der Waals surface area contributed by atoms with Crippen molar-refractivity contribution in [2.24, 2.45) is 0 Å². The summed E-state index contributed by atoms with van der Waals surface area (Å²) in [5.74, 6) is 0.443. The van der Waals surface area contributed by atoms with Crippen LogP contribution in [0.1, 0.15) is 24.3 Å². The van der Waals surface area contributed by atoms with Crippen LogP contribution in [0.2, 0.25) is 0 Å². The van der Waals surface area contributed by atoms with Gasteiger partial charge in [0, 0.05) is 6.04 Å². The van der Waals surface area contributed by atoms with E-state index < -0.39 is 11.6 Å². The highest BCUT2D eigenvalue weighted by atomic mass is 19.1. The zero-order valence-corrected chi connectivity index (χ0v) is 11.8. The summed E-state index contributed by atoms with van der Waals surface area (Å²) in [7, 11) is 1.65.